The number of hydrogen-bond acceptors (Lipinski definition) is 5. The van der Waals surface area contributed by atoms with Gasteiger partial charge in [-0.3, -0.25) is 4.79 Å². The first kappa shape index (κ1) is 22.4. The first-order valence-electron chi connectivity index (χ1n) is 10.6. The Morgan fingerprint density at radius 1 is 1.26 bits per heavy atom. The summed E-state index contributed by atoms with van der Waals surface area (Å²) in [5, 5.41) is 2.84. The van der Waals surface area contributed by atoms with Crippen molar-refractivity contribution >= 4 is 23.6 Å². The molecule has 0 unspecified atom stereocenters. The molecule has 1 atom stereocenters. The van der Waals surface area contributed by atoms with E-state index in [0.29, 0.717) is 12.4 Å². The molecule has 1 heterocycles. The molecule has 0 bridgehead atoms. The van der Waals surface area contributed by atoms with Crippen molar-refractivity contribution in [1.29, 1.82) is 0 Å². The number of benzene rings is 2. The van der Waals surface area contributed by atoms with Crippen LogP contribution in [0.3, 0.4) is 0 Å². The lowest BCUT2D eigenvalue weighted by molar-refractivity contribution is -0.142. The number of aryl methyl sites for hydroxylation is 2. The SMILES string of the molecule is CCOc1cc2c(cc1/C=C/C(=O)OCC(=O)Nc1c(C)cccc1CC)O[C@H](C)C2. The Labute approximate surface area is 183 Å². The lowest BCUT2D eigenvalue weighted by Crippen LogP contribution is -2.21. The van der Waals surface area contributed by atoms with E-state index in [2.05, 4.69) is 5.32 Å². The Balaban J connectivity index is 1.61. The van der Waals surface area contributed by atoms with Gasteiger partial charge in [-0.15, -0.1) is 0 Å². The zero-order valence-corrected chi connectivity index (χ0v) is 18.5. The number of amides is 1. The molecule has 164 valence electrons. The van der Waals surface area contributed by atoms with Gasteiger partial charge in [-0.1, -0.05) is 25.1 Å². The van der Waals surface area contributed by atoms with Crippen LogP contribution in [-0.2, 0) is 27.2 Å². The van der Waals surface area contributed by atoms with E-state index in [-0.39, 0.29) is 18.6 Å². The monoisotopic (exact) mass is 423 g/mol. The second-order valence-electron chi connectivity index (χ2n) is 7.52. The third kappa shape index (κ3) is 5.66. The summed E-state index contributed by atoms with van der Waals surface area (Å²) in [4.78, 5) is 24.4. The van der Waals surface area contributed by atoms with Crippen LogP contribution >= 0.6 is 0 Å². The number of carbonyl (C=O) groups excluding carboxylic acids is 2. The van der Waals surface area contributed by atoms with Gasteiger partial charge in [-0.25, -0.2) is 4.79 Å². The van der Waals surface area contributed by atoms with Crippen LogP contribution in [0.15, 0.2) is 36.4 Å². The summed E-state index contributed by atoms with van der Waals surface area (Å²) < 4.78 is 16.6. The second kappa shape index (κ2) is 10.2. The van der Waals surface area contributed by atoms with Gasteiger partial charge in [0.15, 0.2) is 6.61 Å². The summed E-state index contributed by atoms with van der Waals surface area (Å²) >= 11 is 0. The molecule has 0 aromatic heterocycles. The first-order valence-corrected chi connectivity index (χ1v) is 10.6. The molecular weight excluding hydrogens is 394 g/mol. The fraction of sp³-hybridized carbons (Fsp3) is 0.360. The van der Waals surface area contributed by atoms with Gasteiger partial charge in [0.05, 0.1) is 6.61 Å². The highest BCUT2D eigenvalue weighted by atomic mass is 16.5. The molecule has 1 N–H and O–H groups in total. The van der Waals surface area contributed by atoms with E-state index in [1.165, 1.54) is 6.08 Å². The van der Waals surface area contributed by atoms with Crippen molar-refractivity contribution in [1.82, 2.24) is 0 Å². The van der Waals surface area contributed by atoms with Gasteiger partial charge in [0.2, 0.25) is 0 Å². The molecular formula is C25H29NO5. The van der Waals surface area contributed by atoms with Crippen LogP contribution < -0.4 is 14.8 Å². The third-order valence-corrected chi connectivity index (χ3v) is 5.08. The van der Waals surface area contributed by atoms with Crippen LogP contribution in [-0.4, -0.2) is 31.2 Å². The standard InChI is InChI=1S/C25H29NO5/c1-5-18-9-7-8-16(3)25(18)26-23(27)15-30-24(28)11-10-19-13-22-20(12-17(4)31-22)14-21(19)29-6-2/h7-11,13-14,17H,5-6,12,15H2,1-4H3,(H,26,27)/b11-10+/t17-/m1/s1. The molecule has 6 nitrogen and oxygen atoms in total. The quantitative estimate of drug-likeness (QED) is 0.501. The number of carbonyl (C=O) groups is 2. The van der Waals surface area contributed by atoms with Crippen molar-refractivity contribution in [2.24, 2.45) is 0 Å². The molecule has 3 rings (SSSR count). The minimum Gasteiger partial charge on any atom is -0.493 e. The Morgan fingerprint density at radius 2 is 2.06 bits per heavy atom. The zero-order chi connectivity index (χ0) is 22.4. The van der Waals surface area contributed by atoms with Crippen LogP contribution in [0.2, 0.25) is 0 Å². The maximum absolute atomic E-state index is 12.3. The fourth-order valence-corrected chi connectivity index (χ4v) is 3.59. The molecule has 1 aliphatic rings. The molecule has 0 aliphatic carbocycles. The summed E-state index contributed by atoms with van der Waals surface area (Å²) in [6.45, 7) is 8.03. The first-order chi connectivity index (χ1) is 14.9. The number of esters is 1. The van der Waals surface area contributed by atoms with E-state index >= 15 is 0 Å². The smallest absolute Gasteiger partial charge is 0.331 e. The Morgan fingerprint density at radius 3 is 2.81 bits per heavy atom. The molecule has 31 heavy (non-hydrogen) atoms. The van der Waals surface area contributed by atoms with Crippen molar-refractivity contribution in [3.63, 3.8) is 0 Å². The van der Waals surface area contributed by atoms with Gasteiger partial charge in [0.25, 0.3) is 5.91 Å². The van der Waals surface area contributed by atoms with E-state index in [4.69, 9.17) is 14.2 Å². The minimum atomic E-state index is -0.604. The lowest BCUT2D eigenvalue weighted by atomic mass is 10.1. The molecule has 0 spiro atoms. The second-order valence-corrected chi connectivity index (χ2v) is 7.52. The Kier molecular flexibility index (Phi) is 7.34. The maximum Gasteiger partial charge on any atom is 0.331 e. The highest BCUT2D eigenvalue weighted by Gasteiger charge is 2.21. The Hall–Kier alpha value is -3.28. The van der Waals surface area contributed by atoms with Gasteiger partial charge in [0, 0.05) is 29.3 Å². The van der Waals surface area contributed by atoms with Crippen LogP contribution in [0.4, 0.5) is 5.69 Å². The summed E-state index contributed by atoms with van der Waals surface area (Å²) in [5.74, 6) is 0.509. The molecule has 0 fully saturated rings. The van der Waals surface area contributed by atoms with Crippen molar-refractivity contribution in [2.75, 3.05) is 18.5 Å². The normalized spacial score (nSPS) is 14.8. The summed E-state index contributed by atoms with van der Waals surface area (Å²) in [6.07, 6.45) is 4.66. The molecule has 2 aromatic carbocycles. The fourth-order valence-electron chi connectivity index (χ4n) is 3.59. The highest BCUT2D eigenvalue weighted by Crippen LogP contribution is 2.35. The van der Waals surface area contributed by atoms with Gasteiger partial charge in [-0.05, 0) is 56.5 Å². The van der Waals surface area contributed by atoms with Gasteiger partial charge in [-0.2, -0.15) is 0 Å². The van der Waals surface area contributed by atoms with E-state index in [0.717, 1.165) is 46.5 Å². The van der Waals surface area contributed by atoms with Crippen LogP contribution in [0.1, 0.15) is 43.0 Å². The zero-order valence-electron chi connectivity index (χ0n) is 18.5. The number of fused-ring (bicyclic) bond motifs is 1. The van der Waals surface area contributed by atoms with E-state index in [1.54, 1.807) is 6.08 Å². The largest absolute Gasteiger partial charge is 0.493 e. The van der Waals surface area contributed by atoms with Gasteiger partial charge < -0.3 is 19.5 Å². The van der Waals surface area contributed by atoms with E-state index in [9.17, 15) is 9.59 Å². The van der Waals surface area contributed by atoms with E-state index in [1.807, 2.05) is 58.0 Å². The van der Waals surface area contributed by atoms with Crippen LogP contribution in [0, 0.1) is 6.92 Å². The maximum atomic E-state index is 12.3. The lowest BCUT2D eigenvalue weighted by Gasteiger charge is -2.12. The van der Waals surface area contributed by atoms with Crippen molar-refractivity contribution in [3.05, 3.63) is 58.7 Å². The number of hydrogen-bond donors (Lipinski definition) is 1. The number of anilines is 1. The number of nitrogens with one attached hydrogen (secondary N) is 1. The minimum absolute atomic E-state index is 0.119. The molecule has 6 heteroatoms. The summed E-state index contributed by atoms with van der Waals surface area (Å²) in [6, 6.07) is 9.67. The van der Waals surface area contributed by atoms with Crippen molar-refractivity contribution < 1.29 is 23.8 Å². The molecule has 1 amide bonds. The summed E-state index contributed by atoms with van der Waals surface area (Å²) in [5.41, 5.74) is 4.60. The van der Waals surface area contributed by atoms with Crippen molar-refractivity contribution in [3.8, 4) is 11.5 Å². The van der Waals surface area contributed by atoms with Crippen LogP contribution in [0.5, 0.6) is 11.5 Å². The number of para-hydroxylation sites is 1. The third-order valence-electron chi connectivity index (χ3n) is 5.08. The molecule has 0 saturated carbocycles. The highest BCUT2D eigenvalue weighted by molar-refractivity contribution is 5.95. The molecule has 0 radical (unpaired) electrons. The van der Waals surface area contributed by atoms with Gasteiger partial charge >= 0.3 is 5.97 Å². The predicted molar refractivity (Wildman–Crippen MR) is 121 cm³/mol. The molecule has 1 aliphatic heterocycles. The Bertz CT molecular complexity index is 996. The average Bonchev–Trinajstić information content (AvgIpc) is 3.11. The van der Waals surface area contributed by atoms with Crippen LogP contribution in [0.25, 0.3) is 6.08 Å². The topological polar surface area (TPSA) is 73.9 Å². The average molecular weight is 424 g/mol. The van der Waals surface area contributed by atoms with Crippen molar-refractivity contribution in [2.45, 2.75) is 46.6 Å². The van der Waals surface area contributed by atoms with E-state index < -0.39 is 5.97 Å². The molecule has 2 aromatic rings. The predicted octanol–water partition coefficient (Wildman–Crippen LogP) is 4.47. The molecule has 0 saturated heterocycles. The number of rotatable bonds is 8. The number of ether oxygens (including phenoxy) is 3. The van der Waals surface area contributed by atoms with Gasteiger partial charge in [0.1, 0.15) is 17.6 Å². The summed E-state index contributed by atoms with van der Waals surface area (Å²) in [7, 11) is 0.